The zero-order chi connectivity index (χ0) is 22.5. The van der Waals surface area contributed by atoms with Crippen molar-refractivity contribution in [1.29, 1.82) is 0 Å². The first kappa shape index (κ1) is 23.8. The van der Waals surface area contributed by atoms with Crippen molar-refractivity contribution >= 4 is 23.3 Å². The van der Waals surface area contributed by atoms with E-state index in [1.807, 2.05) is 20.8 Å². The Kier molecular flexibility index (Phi) is 7.58. The van der Waals surface area contributed by atoms with E-state index >= 15 is 0 Å². The summed E-state index contributed by atoms with van der Waals surface area (Å²) >= 11 is 1.37. The number of rotatable bonds is 7. The molecule has 6 nitrogen and oxygen atoms in total. The number of carbonyl (C=O) groups excluding carboxylic acids is 2. The number of nitrogens with zero attached hydrogens (tertiary/aromatic N) is 1. The molecule has 8 heteroatoms. The summed E-state index contributed by atoms with van der Waals surface area (Å²) in [6, 6.07) is 6.21. The maximum absolute atomic E-state index is 13.4. The molecular weight excluding hydrogens is 405 g/mol. The predicted octanol–water partition coefficient (Wildman–Crippen LogP) is 4.55. The molecule has 2 amide bonds. The molecule has 0 aliphatic heterocycles. The molecular formula is C22H30FN3O3S. The van der Waals surface area contributed by atoms with Crippen LogP contribution >= 0.6 is 11.3 Å². The van der Waals surface area contributed by atoms with E-state index in [4.69, 9.17) is 4.74 Å². The standard InChI is InChI=1S/C22H30FN3O3S/c1-14(2)22(6,13-24-20(28)29-21(3,4)5)26-18(27)11-17-12-30-19(25-17)15-8-7-9-16(23)10-15/h7-10,12,14H,11,13H2,1-6H3,(H,24,28)(H,26,27). The second-order valence-corrected chi connectivity index (χ2v) is 9.67. The molecule has 0 fully saturated rings. The van der Waals surface area contributed by atoms with Crippen molar-refractivity contribution in [3.05, 3.63) is 41.2 Å². The molecule has 2 rings (SSSR count). The molecule has 0 aliphatic carbocycles. The number of alkyl carbamates (subject to hydrolysis) is 1. The Morgan fingerprint density at radius 2 is 1.93 bits per heavy atom. The molecule has 1 aromatic carbocycles. The highest BCUT2D eigenvalue weighted by atomic mass is 32.1. The third-order valence-corrected chi connectivity index (χ3v) is 5.60. The van der Waals surface area contributed by atoms with Crippen molar-refractivity contribution in [3.63, 3.8) is 0 Å². The first-order chi connectivity index (χ1) is 13.9. The lowest BCUT2D eigenvalue weighted by atomic mass is 9.88. The van der Waals surface area contributed by atoms with Crippen LogP contribution in [-0.4, -0.2) is 34.7 Å². The average Bonchev–Trinajstić information content (AvgIpc) is 3.06. The first-order valence-corrected chi connectivity index (χ1v) is 10.7. The van der Waals surface area contributed by atoms with Crippen LogP contribution in [0.3, 0.4) is 0 Å². The van der Waals surface area contributed by atoms with Crippen LogP contribution < -0.4 is 10.6 Å². The molecule has 2 aromatic rings. The van der Waals surface area contributed by atoms with Gasteiger partial charge in [0, 0.05) is 17.5 Å². The monoisotopic (exact) mass is 435 g/mol. The van der Waals surface area contributed by atoms with Gasteiger partial charge in [0.25, 0.3) is 0 Å². The van der Waals surface area contributed by atoms with Crippen LogP contribution in [0.1, 0.15) is 47.2 Å². The number of aromatic nitrogens is 1. The van der Waals surface area contributed by atoms with Crippen molar-refractivity contribution in [1.82, 2.24) is 15.6 Å². The molecule has 30 heavy (non-hydrogen) atoms. The first-order valence-electron chi connectivity index (χ1n) is 9.86. The van der Waals surface area contributed by atoms with Crippen LogP contribution in [0.5, 0.6) is 0 Å². The van der Waals surface area contributed by atoms with E-state index in [1.165, 1.54) is 23.5 Å². The lowest BCUT2D eigenvalue weighted by Crippen LogP contribution is -2.57. The van der Waals surface area contributed by atoms with Gasteiger partial charge in [0.05, 0.1) is 17.7 Å². The van der Waals surface area contributed by atoms with Crippen LogP contribution in [0, 0.1) is 11.7 Å². The highest BCUT2D eigenvalue weighted by Crippen LogP contribution is 2.24. The third kappa shape index (κ3) is 7.09. The molecule has 0 aliphatic rings. The van der Waals surface area contributed by atoms with Crippen molar-refractivity contribution in [2.75, 3.05) is 6.54 Å². The van der Waals surface area contributed by atoms with Gasteiger partial charge in [-0.1, -0.05) is 26.0 Å². The van der Waals surface area contributed by atoms with Crippen LogP contribution in [0.15, 0.2) is 29.6 Å². The SMILES string of the molecule is CC(C)C(C)(CNC(=O)OC(C)(C)C)NC(=O)Cc1csc(-c2cccc(F)c2)n1. The number of halogens is 1. The Hall–Kier alpha value is -2.48. The zero-order valence-corrected chi connectivity index (χ0v) is 19.2. The molecule has 1 aromatic heterocycles. The number of hydrogen-bond acceptors (Lipinski definition) is 5. The number of carbonyl (C=O) groups is 2. The second-order valence-electron chi connectivity index (χ2n) is 8.81. The van der Waals surface area contributed by atoms with Crippen LogP contribution in [-0.2, 0) is 16.0 Å². The van der Waals surface area contributed by atoms with Gasteiger partial charge in [0.2, 0.25) is 5.91 Å². The van der Waals surface area contributed by atoms with Gasteiger partial charge in [-0.05, 0) is 45.7 Å². The quantitative estimate of drug-likeness (QED) is 0.669. The summed E-state index contributed by atoms with van der Waals surface area (Å²) in [5.41, 5.74) is 0.0456. The summed E-state index contributed by atoms with van der Waals surface area (Å²) in [7, 11) is 0. The van der Waals surface area contributed by atoms with Crippen molar-refractivity contribution in [3.8, 4) is 10.6 Å². The normalized spacial score (nSPS) is 13.6. The fraction of sp³-hybridized carbons (Fsp3) is 0.500. The van der Waals surface area contributed by atoms with Crippen LogP contribution in [0.2, 0.25) is 0 Å². The van der Waals surface area contributed by atoms with E-state index in [2.05, 4.69) is 15.6 Å². The van der Waals surface area contributed by atoms with Gasteiger partial charge in [-0.25, -0.2) is 14.2 Å². The summed E-state index contributed by atoms with van der Waals surface area (Å²) < 4.78 is 18.7. The van der Waals surface area contributed by atoms with Crippen molar-refractivity contribution < 1.29 is 18.7 Å². The zero-order valence-electron chi connectivity index (χ0n) is 18.3. The number of benzene rings is 1. The fourth-order valence-corrected chi connectivity index (χ4v) is 3.45. The maximum atomic E-state index is 13.4. The third-order valence-electron chi connectivity index (χ3n) is 4.66. The van der Waals surface area contributed by atoms with E-state index in [1.54, 1.807) is 38.3 Å². The minimum absolute atomic E-state index is 0.0645. The van der Waals surface area contributed by atoms with Gasteiger partial charge >= 0.3 is 6.09 Å². The fourth-order valence-electron chi connectivity index (χ4n) is 2.63. The number of ether oxygens (including phenoxy) is 1. The molecule has 0 saturated heterocycles. The van der Waals surface area contributed by atoms with Crippen molar-refractivity contribution in [2.24, 2.45) is 5.92 Å². The minimum atomic E-state index is -0.657. The summed E-state index contributed by atoms with van der Waals surface area (Å²) in [4.78, 5) is 29.1. The molecule has 1 unspecified atom stereocenters. The molecule has 0 bridgehead atoms. The minimum Gasteiger partial charge on any atom is -0.444 e. The predicted molar refractivity (Wildman–Crippen MR) is 117 cm³/mol. The Morgan fingerprint density at radius 1 is 1.23 bits per heavy atom. The molecule has 0 saturated carbocycles. The van der Waals surface area contributed by atoms with E-state index in [-0.39, 0.29) is 30.6 Å². The van der Waals surface area contributed by atoms with Gasteiger partial charge in [0.15, 0.2) is 0 Å². The van der Waals surface area contributed by atoms with Gasteiger partial charge in [0.1, 0.15) is 16.4 Å². The van der Waals surface area contributed by atoms with E-state index < -0.39 is 17.2 Å². The lowest BCUT2D eigenvalue weighted by molar-refractivity contribution is -0.122. The molecule has 0 spiro atoms. The molecule has 2 N–H and O–H groups in total. The Labute approximate surface area is 181 Å². The average molecular weight is 436 g/mol. The smallest absolute Gasteiger partial charge is 0.407 e. The molecule has 164 valence electrons. The van der Waals surface area contributed by atoms with Gasteiger partial charge in [-0.2, -0.15) is 0 Å². The summed E-state index contributed by atoms with van der Waals surface area (Å²) in [6.07, 6.45) is -0.427. The topological polar surface area (TPSA) is 80.3 Å². The highest BCUT2D eigenvalue weighted by Gasteiger charge is 2.31. The molecule has 1 atom stereocenters. The Morgan fingerprint density at radius 3 is 2.53 bits per heavy atom. The summed E-state index contributed by atoms with van der Waals surface area (Å²) in [5.74, 6) is -0.463. The Balaban J connectivity index is 1.99. The van der Waals surface area contributed by atoms with Gasteiger partial charge in [-0.3, -0.25) is 4.79 Å². The van der Waals surface area contributed by atoms with E-state index in [0.29, 0.717) is 16.3 Å². The molecule has 0 radical (unpaired) electrons. The summed E-state index contributed by atoms with van der Waals surface area (Å²) in [5, 5.41) is 8.21. The largest absolute Gasteiger partial charge is 0.444 e. The van der Waals surface area contributed by atoms with E-state index in [0.717, 1.165) is 0 Å². The van der Waals surface area contributed by atoms with E-state index in [9.17, 15) is 14.0 Å². The second kappa shape index (κ2) is 9.55. The Bertz CT molecular complexity index is 892. The maximum Gasteiger partial charge on any atom is 0.407 e. The van der Waals surface area contributed by atoms with Crippen molar-refractivity contribution in [2.45, 2.75) is 59.1 Å². The van der Waals surface area contributed by atoms with Crippen LogP contribution in [0.25, 0.3) is 10.6 Å². The highest BCUT2D eigenvalue weighted by molar-refractivity contribution is 7.13. The van der Waals surface area contributed by atoms with Gasteiger partial charge in [-0.15, -0.1) is 11.3 Å². The van der Waals surface area contributed by atoms with Gasteiger partial charge < -0.3 is 15.4 Å². The lowest BCUT2D eigenvalue weighted by Gasteiger charge is -2.35. The number of thiazole rings is 1. The summed E-state index contributed by atoms with van der Waals surface area (Å²) in [6.45, 7) is 11.4. The van der Waals surface area contributed by atoms with Crippen LogP contribution in [0.4, 0.5) is 9.18 Å². The number of nitrogens with one attached hydrogen (secondary N) is 2. The molecule has 1 heterocycles. The number of hydrogen-bond donors (Lipinski definition) is 2. The number of amides is 2.